The summed E-state index contributed by atoms with van der Waals surface area (Å²) in [4.78, 5) is 12.3. The number of thioether (sulfide) groups is 1. The quantitative estimate of drug-likeness (QED) is 0.771. The summed E-state index contributed by atoms with van der Waals surface area (Å²) in [6.07, 6.45) is 1.85. The Morgan fingerprint density at radius 3 is 2.81 bits per heavy atom. The first-order chi connectivity index (χ1) is 7.41. The van der Waals surface area contributed by atoms with Crippen molar-refractivity contribution >= 4 is 27.6 Å². The van der Waals surface area contributed by atoms with E-state index in [1.165, 1.54) is 6.26 Å². The predicted molar refractivity (Wildman–Crippen MR) is 64.4 cm³/mol. The summed E-state index contributed by atoms with van der Waals surface area (Å²) < 4.78 is 23.0. The summed E-state index contributed by atoms with van der Waals surface area (Å²) in [5.41, 5.74) is 0. The highest BCUT2D eigenvalue weighted by Crippen LogP contribution is 2.20. The van der Waals surface area contributed by atoms with Gasteiger partial charge in [-0.15, -0.1) is 0 Å². The molecule has 0 aromatic rings. The molecule has 1 N–H and O–H groups in total. The first kappa shape index (κ1) is 13.8. The summed E-state index contributed by atoms with van der Waals surface area (Å²) in [5, 5.41) is 8.08. The zero-order valence-corrected chi connectivity index (χ0v) is 10.9. The molecule has 1 atom stereocenters. The Labute approximate surface area is 100 Å². The van der Waals surface area contributed by atoms with Crippen molar-refractivity contribution in [1.82, 2.24) is 4.90 Å². The lowest BCUT2D eigenvalue weighted by Gasteiger charge is -2.33. The molecule has 94 valence electrons. The van der Waals surface area contributed by atoms with Crippen LogP contribution in [-0.2, 0) is 14.6 Å². The van der Waals surface area contributed by atoms with E-state index in [1.807, 2.05) is 4.90 Å². The van der Waals surface area contributed by atoms with E-state index in [0.29, 0.717) is 18.7 Å². The Kier molecular flexibility index (Phi) is 5.07. The van der Waals surface area contributed by atoms with Crippen LogP contribution in [0.1, 0.15) is 12.8 Å². The van der Waals surface area contributed by atoms with Crippen molar-refractivity contribution in [3.63, 3.8) is 0 Å². The van der Waals surface area contributed by atoms with Crippen LogP contribution in [0.2, 0.25) is 0 Å². The van der Waals surface area contributed by atoms with Crippen LogP contribution in [0, 0.1) is 0 Å². The number of aliphatic carboxylic acids is 1. The SMILES string of the molecule is CS(=O)(=O)C1CSCCN1CCCC(=O)O. The minimum Gasteiger partial charge on any atom is -0.481 e. The van der Waals surface area contributed by atoms with Crippen molar-refractivity contribution in [3.8, 4) is 0 Å². The Morgan fingerprint density at radius 1 is 1.56 bits per heavy atom. The van der Waals surface area contributed by atoms with E-state index in [9.17, 15) is 13.2 Å². The van der Waals surface area contributed by atoms with Gasteiger partial charge in [-0.2, -0.15) is 11.8 Å². The van der Waals surface area contributed by atoms with Gasteiger partial charge in [0.15, 0.2) is 9.84 Å². The molecule has 5 nitrogen and oxygen atoms in total. The highest BCUT2D eigenvalue weighted by molar-refractivity contribution is 8.00. The smallest absolute Gasteiger partial charge is 0.303 e. The fourth-order valence-corrected chi connectivity index (χ4v) is 4.67. The van der Waals surface area contributed by atoms with Crippen LogP contribution in [0.4, 0.5) is 0 Å². The maximum Gasteiger partial charge on any atom is 0.303 e. The maximum absolute atomic E-state index is 11.5. The molecule has 16 heavy (non-hydrogen) atoms. The number of carboxylic acids is 1. The van der Waals surface area contributed by atoms with Crippen molar-refractivity contribution in [2.45, 2.75) is 18.2 Å². The minimum absolute atomic E-state index is 0.0973. The molecule has 7 heteroatoms. The number of rotatable bonds is 5. The van der Waals surface area contributed by atoms with Crippen LogP contribution in [0.15, 0.2) is 0 Å². The molecule has 0 bridgehead atoms. The Balaban J connectivity index is 2.51. The molecule has 1 fully saturated rings. The molecule has 0 spiro atoms. The van der Waals surface area contributed by atoms with Gasteiger partial charge in [0.25, 0.3) is 0 Å². The first-order valence-electron chi connectivity index (χ1n) is 5.13. The third-order valence-electron chi connectivity index (χ3n) is 2.52. The van der Waals surface area contributed by atoms with E-state index in [0.717, 1.165) is 12.3 Å². The van der Waals surface area contributed by atoms with Crippen molar-refractivity contribution in [2.24, 2.45) is 0 Å². The Morgan fingerprint density at radius 2 is 2.25 bits per heavy atom. The third-order valence-corrected chi connectivity index (χ3v) is 5.21. The van der Waals surface area contributed by atoms with Gasteiger partial charge in [0.05, 0.1) is 0 Å². The molecule has 0 amide bonds. The highest BCUT2D eigenvalue weighted by atomic mass is 32.2. The standard InChI is InChI=1S/C9H17NO4S2/c1-16(13,14)8-7-15-6-5-10(8)4-2-3-9(11)12/h8H,2-7H2,1H3,(H,11,12). The van der Waals surface area contributed by atoms with Crippen LogP contribution in [-0.4, -0.2) is 60.6 Å². The molecule has 1 aliphatic rings. The van der Waals surface area contributed by atoms with Gasteiger partial charge in [0.1, 0.15) is 5.37 Å². The second-order valence-corrected chi connectivity index (χ2v) is 7.25. The monoisotopic (exact) mass is 267 g/mol. The second kappa shape index (κ2) is 5.88. The van der Waals surface area contributed by atoms with Crippen molar-refractivity contribution < 1.29 is 18.3 Å². The summed E-state index contributed by atoms with van der Waals surface area (Å²) >= 11 is 1.64. The summed E-state index contributed by atoms with van der Waals surface area (Å²) in [6.45, 7) is 1.27. The van der Waals surface area contributed by atoms with Crippen LogP contribution in [0.25, 0.3) is 0 Å². The van der Waals surface area contributed by atoms with Crippen molar-refractivity contribution in [1.29, 1.82) is 0 Å². The molecule has 0 aromatic carbocycles. The maximum atomic E-state index is 11.5. The highest BCUT2D eigenvalue weighted by Gasteiger charge is 2.30. The van der Waals surface area contributed by atoms with Gasteiger partial charge in [0.2, 0.25) is 0 Å². The van der Waals surface area contributed by atoms with E-state index in [-0.39, 0.29) is 6.42 Å². The number of carbonyl (C=O) groups is 1. The van der Waals surface area contributed by atoms with Crippen LogP contribution < -0.4 is 0 Å². The zero-order valence-electron chi connectivity index (χ0n) is 9.26. The van der Waals surface area contributed by atoms with E-state index < -0.39 is 21.2 Å². The molecule has 0 saturated carbocycles. The fraction of sp³-hybridized carbons (Fsp3) is 0.889. The summed E-state index contributed by atoms with van der Waals surface area (Å²) in [7, 11) is -3.07. The van der Waals surface area contributed by atoms with E-state index in [2.05, 4.69) is 0 Å². The average Bonchev–Trinajstić information content (AvgIpc) is 2.16. The Hall–Kier alpha value is -0.270. The van der Waals surface area contributed by atoms with Gasteiger partial charge in [-0.25, -0.2) is 8.42 Å². The van der Waals surface area contributed by atoms with Crippen LogP contribution in [0.5, 0.6) is 0 Å². The van der Waals surface area contributed by atoms with Gasteiger partial charge in [-0.3, -0.25) is 9.69 Å². The average molecular weight is 267 g/mol. The third kappa shape index (κ3) is 4.31. The number of hydrogen-bond donors (Lipinski definition) is 1. The van der Waals surface area contributed by atoms with Gasteiger partial charge in [-0.05, 0) is 13.0 Å². The summed E-state index contributed by atoms with van der Waals surface area (Å²) in [5.74, 6) is 0.674. The van der Waals surface area contributed by atoms with Crippen LogP contribution in [0.3, 0.4) is 0 Å². The molecule has 1 heterocycles. The zero-order chi connectivity index (χ0) is 12.2. The second-order valence-electron chi connectivity index (χ2n) is 3.89. The topological polar surface area (TPSA) is 74.7 Å². The number of nitrogens with zero attached hydrogens (tertiary/aromatic N) is 1. The first-order valence-corrected chi connectivity index (χ1v) is 8.24. The molecule has 0 aliphatic carbocycles. The largest absolute Gasteiger partial charge is 0.481 e. The molecule has 0 aromatic heterocycles. The lowest BCUT2D eigenvalue weighted by molar-refractivity contribution is -0.137. The molecule has 1 saturated heterocycles. The number of hydrogen-bond acceptors (Lipinski definition) is 5. The van der Waals surface area contributed by atoms with Gasteiger partial charge in [-0.1, -0.05) is 0 Å². The van der Waals surface area contributed by atoms with E-state index in [1.54, 1.807) is 11.8 Å². The van der Waals surface area contributed by atoms with E-state index in [4.69, 9.17) is 5.11 Å². The van der Waals surface area contributed by atoms with Gasteiger partial charge >= 0.3 is 5.97 Å². The lowest BCUT2D eigenvalue weighted by Crippen LogP contribution is -2.47. The number of carboxylic acid groups (broad SMARTS) is 1. The minimum atomic E-state index is -3.07. The fourth-order valence-electron chi connectivity index (χ4n) is 1.70. The summed E-state index contributed by atoms with van der Waals surface area (Å²) in [6, 6.07) is 0. The molecular formula is C9H17NO4S2. The predicted octanol–water partition coefficient (Wildman–Crippen LogP) is 0.271. The van der Waals surface area contributed by atoms with Crippen molar-refractivity contribution in [3.05, 3.63) is 0 Å². The molecular weight excluding hydrogens is 250 g/mol. The molecule has 1 aliphatic heterocycles. The Bertz CT molecular complexity index is 341. The van der Waals surface area contributed by atoms with E-state index >= 15 is 0 Å². The lowest BCUT2D eigenvalue weighted by atomic mass is 10.3. The molecule has 0 radical (unpaired) electrons. The van der Waals surface area contributed by atoms with Gasteiger partial charge < -0.3 is 5.11 Å². The number of sulfone groups is 1. The van der Waals surface area contributed by atoms with Gasteiger partial charge in [0, 0.05) is 30.7 Å². The molecule has 1 rings (SSSR count). The molecule has 1 unspecified atom stereocenters. The van der Waals surface area contributed by atoms with Crippen LogP contribution >= 0.6 is 11.8 Å². The normalized spacial score (nSPS) is 23.2. The van der Waals surface area contributed by atoms with Crippen molar-refractivity contribution in [2.75, 3.05) is 30.9 Å².